The van der Waals surface area contributed by atoms with Crippen molar-refractivity contribution in [3.63, 3.8) is 0 Å². The number of amides is 2. The molecule has 1 aliphatic rings. The molecule has 0 aliphatic carbocycles. The van der Waals surface area contributed by atoms with Crippen LogP contribution in [0.25, 0.3) is 21.6 Å². The first-order chi connectivity index (χ1) is 21.7. The van der Waals surface area contributed by atoms with Gasteiger partial charge in [0.25, 0.3) is 0 Å². The first-order valence-corrected chi connectivity index (χ1v) is 16.0. The van der Waals surface area contributed by atoms with Gasteiger partial charge in [-0.05, 0) is 85.1 Å². The molecule has 0 spiro atoms. The topological polar surface area (TPSA) is 142 Å². The van der Waals surface area contributed by atoms with Crippen LogP contribution in [0.5, 0.6) is 0 Å². The van der Waals surface area contributed by atoms with Gasteiger partial charge in [0.1, 0.15) is 28.0 Å². The summed E-state index contributed by atoms with van der Waals surface area (Å²) < 4.78 is 11.3. The second-order valence-electron chi connectivity index (χ2n) is 13.1. The van der Waals surface area contributed by atoms with Crippen LogP contribution in [-0.4, -0.2) is 56.5 Å². The van der Waals surface area contributed by atoms with Gasteiger partial charge in [-0.3, -0.25) is 0 Å². The van der Waals surface area contributed by atoms with E-state index < -0.39 is 29.5 Å². The van der Waals surface area contributed by atoms with E-state index in [1.165, 1.54) is 11.3 Å². The Morgan fingerprint density at radius 2 is 1.65 bits per heavy atom. The maximum absolute atomic E-state index is 13.7. The molecular weight excluding hydrogens is 604 g/mol. The Labute approximate surface area is 272 Å². The molecular formula is C34H38N6O5S. The summed E-state index contributed by atoms with van der Waals surface area (Å²) in [5.74, 6) is 0.828. The summed E-state index contributed by atoms with van der Waals surface area (Å²) >= 11 is 1.21. The number of imide groups is 1. The first-order valence-electron chi connectivity index (χ1n) is 15.2. The summed E-state index contributed by atoms with van der Waals surface area (Å²) in [6.07, 6.45) is 1.95. The van der Waals surface area contributed by atoms with Crippen LogP contribution in [0.4, 0.5) is 21.2 Å². The predicted octanol–water partition coefficient (Wildman–Crippen LogP) is 7.37. The number of aliphatic hydroxyl groups is 1. The Morgan fingerprint density at radius 3 is 2.28 bits per heavy atom. The number of fused-ring (bicyclic) bond motifs is 1. The summed E-state index contributed by atoms with van der Waals surface area (Å²) in [6, 6.07) is 14.2. The molecule has 1 aromatic carbocycles. The summed E-state index contributed by atoms with van der Waals surface area (Å²) in [5.41, 5.74) is -0.333. The number of ether oxygens (including phenoxy) is 2. The van der Waals surface area contributed by atoms with Gasteiger partial charge in [-0.15, -0.1) is 11.3 Å². The Bertz CT molecular complexity index is 1770. The lowest BCUT2D eigenvalue weighted by Crippen LogP contribution is -2.44. The van der Waals surface area contributed by atoms with E-state index in [2.05, 4.69) is 16.0 Å². The number of rotatable bonds is 5. The quantitative estimate of drug-likeness (QED) is 0.234. The van der Waals surface area contributed by atoms with Crippen molar-refractivity contribution >= 4 is 45.4 Å². The third-order valence-electron chi connectivity index (χ3n) is 7.04. The van der Waals surface area contributed by atoms with Gasteiger partial charge in [0, 0.05) is 35.3 Å². The van der Waals surface area contributed by atoms with E-state index in [-0.39, 0.29) is 11.6 Å². The molecule has 2 amide bonds. The maximum atomic E-state index is 13.7. The van der Waals surface area contributed by atoms with Crippen LogP contribution in [-0.2, 0) is 9.47 Å². The van der Waals surface area contributed by atoms with Crippen molar-refractivity contribution in [2.75, 3.05) is 22.9 Å². The fraction of sp³-hybridized carbons (Fsp3) is 0.412. The van der Waals surface area contributed by atoms with Crippen LogP contribution in [0, 0.1) is 11.3 Å². The van der Waals surface area contributed by atoms with E-state index >= 15 is 0 Å². The minimum absolute atomic E-state index is 0.0667. The molecule has 1 saturated heterocycles. The minimum Gasteiger partial charge on any atom is -0.443 e. The molecule has 0 bridgehead atoms. The SMILES string of the molecule is CC(C)(C)OC(=O)N(C(=O)OC(C)(C)C)c1nc(-c2cccc(C#N)c2)nc2sc(C(O)c3cccnc3N3CCCCC3)cc12. The molecule has 12 heteroatoms. The summed E-state index contributed by atoms with van der Waals surface area (Å²) in [6.45, 7) is 11.9. The fourth-order valence-corrected chi connectivity index (χ4v) is 6.13. The molecule has 5 rings (SSSR count). The average Bonchev–Trinajstić information content (AvgIpc) is 3.44. The highest BCUT2D eigenvalue weighted by Crippen LogP contribution is 2.40. The number of hydrogen-bond donors (Lipinski definition) is 1. The van der Waals surface area contributed by atoms with Crippen molar-refractivity contribution in [2.24, 2.45) is 0 Å². The van der Waals surface area contributed by atoms with E-state index in [4.69, 9.17) is 19.4 Å². The summed E-state index contributed by atoms with van der Waals surface area (Å²) in [7, 11) is 0. The van der Waals surface area contributed by atoms with E-state index in [1.807, 2.05) is 6.07 Å². The molecule has 4 heterocycles. The number of pyridine rings is 1. The standard InChI is InChI=1S/C34H38N6O5S/c1-33(2,3)44-31(42)40(32(43)45-34(4,5)6)29-24-19-25(26(41)23-14-11-15-36-28(23)39-16-8-7-9-17-39)46-30(24)38-27(37-29)22-13-10-12-21(18-22)20-35/h10-15,18-19,26,41H,7-9,16-17H2,1-6H3. The molecule has 3 aromatic heterocycles. The Morgan fingerprint density at radius 1 is 0.978 bits per heavy atom. The molecule has 240 valence electrons. The molecule has 1 N–H and O–H groups in total. The molecule has 11 nitrogen and oxygen atoms in total. The number of aromatic nitrogens is 3. The normalized spacial score (nSPS) is 14.4. The van der Waals surface area contributed by atoms with Crippen molar-refractivity contribution in [1.82, 2.24) is 15.0 Å². The number of anilines is 2. The first kappa shape index (κ1) is 32.8. The number of nitriles is 1. The van der Waals surface area contributed by atoms with Crippen LogP contribution in [0.15, 0.2) is 48.7 Å². The lowest BCUT2D eigenvalue weighted by Gasteiger charge is -2.30. The molecule has 1 aliphatic heterocycles. The molecule has 4 aromatic rings. The highest BCUT2D eigenvalue weighted by Gasteiger charge is 2.36. The smallest absolute Gasteiger partial charge is 0.425 e. The lowest BCUT2D eigenvalue weighted by atomic mass is 10.1. The van der Waals surface area contributed by atoms with Crippen LogP contribution in [0.3, 0.4) is 0 Å². The third-order valence-corrected chi connectivity index (χ3v) is 8.12. The molecule has 1 fully saturated rings. The summed E-state index contributed by atoms with van der Waals surface area (Å²) in [5, 5.41) is 21.6. The number of carbonyl (C=O) groups is 2. The van der Waals surface area contributed by atoms with Crippen molar-refractivity contribution in [3.05, 3.63) is 64.7 Å². The molecule has 0 radical (unpaired) electrons. The number of thiophene rings is 1. The zero-order chi connectivity index (χ0) is 33.2. The van der Waals surface area contributed by atoms with Crippen LogP contribution in [0.2, 0.25) is 0 Å². The van der Waals surface area contributed by atoms with E-state index in [0.29, 0.717) is 31.8 Å². The monoisotopic (exact) mass is 642 g/mol. The fourth-order valence-electron chi connectivity index (χ4n) is 5.10. The predicted molar refractivity (Wildman–Crippen MR) is 177 cm³/mol. The van der Waals surface area contributed by atoms with Crippen LogP contribution >= 0.6 is 11.3 Å². The minimum atomic E-state index is -1.07. The van der Waals surface area contributed by atoms with E-state index in [0.717, 1.165) is 43.1 Å². The number of nitrogens with zero attached hydrogens (tertiary/aromatic N) is 6. The molecule has 1 unspecified atom stereocenters. The van der Waals surface area contributed by atoms with Gasteiger partial charge >= 0.3 is 12.2 Å². The molecule has 1 atom stereocenters. The number of benzene rings is 1. The number of carbonyl (C=O) groups excluding carboxylic acids is 2. The Hall–Kier alpha value is -4.60. The van der Waals surface area contributed by atoms with Gasteiger partial charge < -0.3 is 19.5 Å². The largest absolute Gasteiger partial charge is 0.443 e. The highest BCUT2D eigenvalue weighted by atomic mass is 32.1. The van der Waals surface area contributed by atoms with Gasteiger partial charge in [0.15, 0.2) is 11.6 Å². The van der Waals surface area contributed by atoms with Gasteiger partial charge in [-0.2, -0.15) is 10.2 Å². The van der Waals surface area contributed by atoms with Gasteiger partial charge in [0.05, 0.1) is 17.0 Å². The second kappa shape index (κ2) is 13.0. The third kappa shape index (κ3) is 7.43. The van der Waals surface area contributed by atoms with Crippen molar-refractivity contribution in [3.8, 4) is 17.5 Å². The van der Waals surface area contributed by atoms with Crippen LogP contribution in [0.1, 0.15) is 82.9 Å². The van der Waals surface area contributed by atoms with Crippen molar-refractivity contribution in [1.29, 1.82) is 5.26 Å². The van der Waals surface area contributed by atoms with E-state index in [9.17, 15) is 20.0 Å². The number of hydrogen-bond acceptors (Lipinski definition) is 11. The molecule has 46 heavy (non-hydrogen) atoms. The average molecular weight is 643 g/mol. The second-order valence-corrected chi connectivity index (χ2v) is 14.2. The molecule has 0 saturated carbocycles. The zero-order valence-electron chi connectivity index (χ0n) is 26.9. The lowest BCUT2D eigenvalue weighted by molar-refractivity contribution is 0.0429. The maximum Gasteiger partial charge on any atom is 0.425 e. The number of aliphatic hydroxyl groups excluding tert-OH is 1. The zero-order valence-corrected chi connectivity index (χ0v) is 27.7. The van der Waals surface area contributed by atoms with Gasteiger partial charge in [0.2, 0.25) is 0 Å². The Kier molecular flexibility index (Phi) is 9.28. The van der Waals surface area contributed by atoms with Gasteiger partial charge in [-0.1, -0.05) is 18.2 Å². The van der Waals surface area contributed by atoms with E-state index in [1.54, 1.807) is 84.1 Å². The van der Waals surface area contributed by atoms with Crippen molar-refractivity contribution < 1.29 is 24.2 Å². The van der Waals surface area contributed by atoms with Gasteiger partial charge in [-0.25, -0.2) is 24.5 Å². The Balaban J connectivity index is 1.70. The van der Waals surface area contributed by atoms with Crippen LogP contribution < -0.4 is 9.80 Å². The summed E-state index contributed by atoms with van der Waals surface area (Å²) in [4.78, 5) is 45.4. The highest BCUT2D eigenvalue weighted by molar-refractivity contribution is 7.18. The van der Waals surface area contributed by atoms with Crippen molar-refractivity contribution in [2.45, 2.75) is 78.1 Å². The number of piperidine rings is 1.